The Bertz CT molecular complexity index is 233. The summed E-state index contributed by atoms with van der Waals surface area (Å²) in [6, 6.07) is 0.145. The minimum Gasteiger partial charge on any atom is -0.481 e. The van der Waals surface area contributed by atoms with Crippen molar-refractivity contribution in [3.63, 3.8) is 0 Å². The predicted molar refractivity (Wildman–Crippen MR) is 58.5 cm³/mol. The summed E-state index contributed by atoms with van der Waals surface area (Å²) in [5.74, 6) is -0.714. The molecule has 0 aromatic heterocycles. The fourth-order valence-electron chi connectivity index (χ4n) is 2.38. The standard InChI is InChI=1S/C10H21N3O2/c1-11(2)10-12(3)6-5-8(13(10)4)7-9(14)15/h8,10H,5-7H2,1-4H3,(H,14,15). The summed E-state index contributed by atoms with van der Waals surface area (Å²) in [4.78, 5) is 17.2. The molecule has 1 aliphatic heterocycles. The van der Waals surface area contributed by atoms with Gasteiger partial charge in [0.2, 0.25) is 0 Å². The van der Waals surface area contributed by atoms with Crippen LogP contribution in [0.15, 0.2) is 0 Å². The van der Waals surface area contributed by atoms with E-state index < -0.39 is 5.97 Å². The van der Waals surface area contributed by atoms with Gasteiger partial charge in [-0.05, 0) is 34.6 Å². The fourth-order valence-corrected chi connectivity index (χ4v) is 2.38. The van der Waals surface area contributed by atoms with Crippen LogP contribution in [0.1, 0.15) is 12.8 Å². The molecule has 0 saturated carbocycles. The van der Waals surface area contributed by atoms with Crippen molar-refractivity contribution >= 4 is 5.97 Å². The first-order valence-electron chi connectivity index (χ1n) is 5.24. The maximum absolute atomic E-state index is 10.7. The van der Waals surface area contributed by atoms with E-state index in [1.165, 1.54) is 0 Å². The second kappa shape index (κ2) is 4.92. The largest absolute Gasteiger partial charge is 0.481 e. The Hall–Kier alpha value is -0.650. The molecule has 0 amide bonds. The molecule has 0 spiro atoms. The van der Waals surface area contributed by atoms with Crippen molar-refractivity contribution in [2.24, 2.45) is 0 Å². The first-order chi connectivity index (χ1) is 6.93. The van der Waals surface area contributed by atoms with Gasteiger partial charge in [-0.2, -0.15) is 0 Å². The third-order valence-electron chi connectivity index (χ3n) is 3.02. The van der Waals surface area contributed by atoms with E-state index in [-0.39, 0.29) is 18.8 Å². The smallest absolute Gasteiger partial charge is 0.304 e. The highest BCUT2D eigenvalue weighted by Gasteiger charge is 2.33. The van der Waals surface area contributed by atoms with Gasteiger partial charge in [0.15, 0.2) is 0 Å². The summed E-state index contributed by atoms with van der Waals surface area (Å²) in [5, 5.41) is 8.82. The van der Waals surface area contributed by atoms with Crippen LogP contribution in [0, 0.1) is 0 Å². The highest BCUT2D eigenvalue weighted by molar-refractivity contribution is 5.67. The molecule has 0 radical (unpaired) electrons. The number of hydrogen-bond acceptors (Lipinski definition) is 4. The van der Waals surface area contributed by atoms with Gasteiger partial charge in [0.25, 0.3) is 0 Å². The Labute approximate surface area is 91.3 Å². The van der Waals surface area contributed by atoms with Gasteiger partial charge < -0.3 is 5.11 Å². The van der Waals surface area contributed by atoms with Crippen LogP contribution in [0.3, 0.4) is 0 Å². The zero-order valence-corrected chi connectivity index (χ0v) is 9.97. The minimum atomic E-state index is -0.714. The lowest BCUT2D eigenvalue weighted by molar-refractivity contribution is -0.142. The summed E-state index contributed by atoms with van der Waals surface area (Å²) in [6.07, 6.45) is 1.35. The summed E-state index contributed by atoms with van der Waals surface area (Å²) >= 11 is 0. The maximum atomic E-state index is 10.7. The van der Waals surface area contributed by atoms with E-state index in [4.69, 9.17) is 5.11 Å². The first-order valence-corrected chi connectivity index (χ1v) is 5.24. The molecule has 0 bridgehead atoms. The Morgan fingerprint density at radius 2 is 2.07 bits per heavy atom. The van der Waals surface area contributed by atoms with Gasteiger partial charge >= 0.3 is 5.97 Å². The molecule has 1 N–H and O–H groups in total. The molecule has 0 aromatic rings. The molecule has 1 fully saturated rings. The fraction of sp³-hybridized carbons (Fsp3) is 0.900. The average molecular weight is 215 g/mol. The zero-order valence-electron chi connectivity index (χ0n) is 9.97. The van der Waals surface area contributed by atoms with Gasteiger partial charge in [-0.25, -0.2) is 0 Å². The predicted octanol–water partition coefficient (Wildman–Crippen LogP) is -0.0578. The summed E-state index contributed by atoms with van der Waals surface area (Å²) in [5.41, 5.74) is 0. The number of hydrogen-bond donors (Lipinski definition) is 1. The minimum absolute atomic E-state index is 0.145. The number of carbonyl (C=O) groups is 1. The van der Waals surface area contributed by atoms with E-state index in [1.807, 2.05) is 21.1 Å². The highest BCUT2D eigenvalue weighted by atomic mass is 16.4. The summed E-state index contributed by atoms with van der Waals surface area (Å²) in [6.45, 7) is 0.950. The van der Waals surface area contributed by atoms with E-state index in [1.54, 1.807) is 0 Å². The number of carboxylic acid groups (broad SMARTS) is 1. The van der Waals surface area contributed by atoms with Gasteiger partial charge in [-0.3, -0.25) is 19.5 Å². The van der Waals surface area contributed by atoms with Crippen LogP contribution >= 0.6 is 0 Å². The van der Waals surface area contributed by atoms with Crippen LogP contribution in [-0.4, -0.2) is 72.8 Å². The van der Waals surface area contributed by atoms with Crippen LogP contribution in [-0.2, 0) is 4.79 Å². The Morgan fingerprint density at radius 3 is 2.53 bits per heavy atom. The molecule has 1 saturated heterocycles. The lowest BCUT2D eigenvalue weighted by Gasteiger charge is -2.47. The molecule has 0 aliphatic carbocycles. The SMILES string of the molecule is CN(C)C1N(C)CCC(CC(=O)O)N1C. The van der Waals surface area contributed by atoms with Crippen LogP contribution < -0.4 is 0 Å². The molecule has 5 heteroatoms. The molecular weight excluding hydrogens is 194 g/mol. The molecule has 15 heavy (non-hydrogen) atoms. The number of aliphatic carboxylic acids is 1. The Kier molecular flexibility index (Phi) is 4.07. The van der Waals surface area contributed by atoms with E-state index >= 15 is 0 Å². The molecule has 1 rings (SSSR count). The highest BCUT2D eigenvalue weighted by Crippen LogP contribution is 2.20. The third-order valence-corrected chi connectivity index (χ3v) is 3.02. The number of carboxylic acids is 1. The van der Waals surface area contributed by atoms with Gasteiger partial charge in [0, 0.05) is 12.6 Å². The monoisotopic (exact) mass is 215 g/mol. The van der Waals surface area contributed by atoms with Crippen LogP contribution in [0.5, 0.6) is 0 Å². The van der Waals surface area contributed by atoms with Crippen molar-refractivity contribution < 1.29 is 9.90 Å². The van der Waals surface area contributed by atoms with Crippen molar-refractivity contribution in [2.75, 3.05) is 34.7 Å². The Balaban J connectivity index is 2.67. The van der Waals surface area contributed by atoms with E-state index in [2.05, 4.69) is 21.7 Å². The quantitative estimate of drug-likeness (QED) is 0.715. The topological polar surface area (TPSA) is 47.0 Å². The number of rotatable bonds is 3. The van der Waals surface area contributed by atoms with Gasteiger partial charge in [-0.15, -0.1) is 0 Å². The molecule has 5 nitrogen and oxygen atoms in total. The van der Waals surface area contributed by atoms with Gasteiger partial charge in [-0.1, -0.05) is 0 Å². The lowest BCUT2D eigenvalue weighted by Crippen LogP contribution is -2.61. The molecular formula is C10H21N3O2. The first kappa shape index (κ1) is 12.4. The van der Waals surface area contributed by atoms with E-state index in [9.17, 15) is 4.79 Å². The van der Waals surface area contributed by atoms with Crippen molar-refractivity contribution in [2.45, 2.75) is 25.2 Å². The van der Waals surface area contributed by atoms with Crippen molar-refractivity contribution in [1.82, 2.24) is 14.7 Å². The molecule has 2 unspecified atom stereocenters. The number of nitrogens with zero attached hydrogens (tertiary/aromatic N) is 3. The molecule has 2 atom stereocenters. The van der Waals surface area contributed by atoms with Gasteiger partial charge in [0.1, 0.15) is 6.29 Å². The van der Waals surface area contributed by atoms with Crippen LogP contribution in [0.2, 0.25) is 0 Å². The average Bonchev–Trinajstić information content (AvgIpc) is 2.09. The van der Waals surface area contributed by atoms with Gasteiger partial charge in [0.05, 0.1) is 6.42 Å². The normalized spacial score (nSPS) is 29.7. The third kappa shape index (κ3) is 2.90. The van der Waals surface area contributed by atoms with E-state index in [0.717, 1.165) is 13.0 Å². The summed E-state index contributed by atoms with van der Waals surface area (Å²) in [7, 11) is 8.09. The summed E-state index contributed by atoms with van der Waals surface area (Å²) < 4.78 is 0. The second-order valence-corrected chi connectivity index (χ2v) is 4.50. The van der Waals surface area contributed by atoms with E-state index in [0.29, 0.717) is 0 Å². The lowest BCUT2D eigenvalue weighted by atomic mass is 10.1. The molecule has 1 aliphatic rings. The molecule has 1 heterocycles. The Morgan fingerprint density at radius 1 is 1.47 bits per heavy atom. The molecule has 0 aromatic carbocycles. The molecule has 88 valence electrons. The second-order valence-electron chi connectivity index (χ2n) is 4.50. The van der Waals surface area contributed by atoms with Crippen molar-refractivity contribution in [3.8, 4) is 0 Å². The zero-order chi connectivity index (χ0) is 11.6. The van der Waals surface area contributed by atoms with Crippen molar-refractivity contribution in [3.05, 3.63) is 0 Å². The van der Waals surface area contributed by atoms with Crippen LogP contribution in [0.25, 0.3) is 0 Å². The van der Waals surface area contributed by atoms with Crippen LogP contribution in [0.4, 0.5) is 0 Å². The maximum Gasteiger partial charge on any atom is 0.304 e. The van der Waals surface area contributed by atoms with Crippen molar-refractivity contribution in [1.29, 1.82) is 0 Å².